The Hall–Kier alpha value is -3.26. The molecule has 8 heteroatoms. The van der Waals surface area contributed by atoms with Crippen LogP contribution in [0.1, 0.15) is 25.5 Å². The first-order chi connectivity index (χ1) is 14.9. The number of para-hydroxylation sites is 2. The van der Waals surface area contributed by atoms with Gasteiger partial charge in [0, 0.05) is 18.3 Å². The molecule has 1 aliphatic rings. The van der Waals surface area contributed by atoms with Gasteiger partial charge in [-0.25, -0.2) is 0 Å². The average molecular weight is 442 g/mol. The number of benzene rings is 2. The van der Waals surface area contributed by atoms with E-state index in [-0.39, 0.29) is 5.91 Å². The smallest absolute Gasteiger partial charge is 0.255 e. The van der Waals surface area contributed by atoms with Gasteiger partial charge in [0.15, 0.2) is 5.11 Å². The minimum atomic E-state index is -0.478. The Bertz CT molecular complexity index is 999. The number of anilines is 1. The van der Waals surface area contributed by atoms with Gasteiger partial charge in [-0.1, -0.05) is 12.1 Å². The number of hydrogen-bond donors (Lipinski definition) is 2. The number of amides is 1. The predicted octanol–water partition coefficient (Wildman–Crippen LogP) is 3.88. The van der Waals surface area contributed by atoms with Crippen molar-refractivity contribution >= 4 is 28.9 Å². The lowest BCUT2D eigenvalue weighted by Gasteiger charge is -2.37. The topological polar surface area (TPSA) is 72.1 Å². The van der Waals surface area contributed by atoms with E-state index < -0.39 is 6.04 Å². The highest BCUT2D eigenvalue weighted by Crippen LogP contribution is 2.35. The van der Waals surface area contributed by atoms with Crippen LogP contribution in [-0.2, 0) is 4.79 Å². The normalized spacial score (nSPS) is 16.0. The van der Waals surface area contributed by atoms with E-state index >= 15 is 0 Å². The third-order valence-corrected chi connectivity index (χ3v) is 5.56. The van der Waals surface area contributed by atoms with E-state index in [0.717, 1.165) is 11.3 Å². The maximum Gasteiger partial charge on any atom is 0.255 e. The lowest BCUT2D eigenvalue weighted by molar-refractivity contribution is -0.113. The van der Waals surface area contributed by atoms with Crippen molar-refractivity contribution in [3.05, 3.63) is 59.3 Å². The molecule has 7 nitrogen and oxygen atoms in total. The lowest BCUT2D eigenvalue weighted by atomic mass is 9.93. The van der Waals surface area contributed by atoms with Crippen LogP contribution in [0.15, 0.2) is 53.7 Å². The molecule has 0 saturated heterocycles. The van der Waals surface area contributed by atoms with E-state index in [0.29, 0.717) is 40.2 Å². The molecule has 164 valence electrons. The van der Waals surface area contributed by atoms with Gasteiger partial charge < -0.3 is 29.7 Å². The molecule has 0 spiro atoms. The first-order valence-corrected chi connectivity index (χ1v) is 10.3. The van der Waals surface area contributed by atoms with Crippen LogP contribution in [0.2, 0.25) is 0 Å². The fourth-order valence-corrected chi connectivity index (χ4v) is 4.02. The van der Waals surface area contributed by atoms with Gasteiger partial charge in [-0.15, -0.1) is 0 Å². The summed E-state index contributed by atoms with van der Waals surface area (Å²) in [5.74, 6) is 1.59. The van der Waals surface area contributed by atoms with Gasteiger partial charge in [-0.05, 0) is 55.9 Å². The third-order valence-electron chi connectivity index (χ3n) is 5.22. The zero-order chi connectivity index (χ0) is 22.5. The quantitative estimate of drug-likeness (QED) is 0.632. The van der Waals surface area contributed by atoms with E-state index in [1.54, 1.807) is 39.5 Å². The molecule has 1 aliphatic heterocycles. The Morgan fingerprint density at radius 3 is 2.32 bits per heavy atom. The predicted molar refractivity (Wildman–Crippen MR) is 125 cm³/mol. The summed E-state index contributed by atoms with van der Waals surface area (Å²) in [4.78, 5) is 15.4. The minimum absolute atomic E-state index is 0.248. The van der Waals surface area contributed by atoms with Crippen LogP contribution in [0.25, 0.3) is 0 Å². The second kappa shape index (κ2) is 9.70. The van der Waals surface area contributed by atoms with Crippen LogP contribution in [-0.4, -0.2) is 43.8 Å². The molecular weight excluding hydrogens is 414 g/mol. The molecule has 0 aliphatic carbocycles. The summed E-state index contributed by atoms with van der Waals surface area (Å²) in [6.45, 7) is 4.53. The Morgan fingerprint density at radius 2 is 1.74 bits per heavy atom. The van der Waals surface area contributed by atoms with Gasteiger partial charge in [0.25, 0.3) is 5.91 Å². The number of methoxy groups -OCH3 is 3. The number of allylic oxidation sites excluding steroid dienone is 1. The van der Waals surface area contributed by atoms with Crippen molar-refractivity contribution in [2.45, 2.75) is 19.9 Å². The SMILES string of the molecule is CCN1C(=S)N[C@@H](c2cc(OC)cc(OC)c2)C(C(=O)Nc2ccccc2OC)=C1C. The van der Waals surface area contributed by atoms with Crippen molar-refractivity contribution in [2.75, 3.05) is 33.2 Å². The number of ether oxygens (including phenoxy) is 3. The Labute approximate surface area is 188 Å². The molecule has 0 unspecified atom stereocenters. The fraction of sp³-hybridized carbons (Fsp3) is 0.304. The minimum Gasteiger partial charge on any atom is -0.497 e. The highest BCUT2D eigenvalue weighted by molar-refractivity contribution is 7.80. The van der Waals surface area contributed by atoms with Crippen LogP contribution < -0.4 is 24.8 Å². The highest BCUT2D eigenvalue weighted by Gasteiger charge is 2.34. The number of thiocarbonyl (C=S) groups is 1. The van der Waals surface area contributed by atoms with Gasteiger partial charge in [-0.2, -0.15) is 0 Å². The summed E-state index contributed by atoms with van der Waals surface area (Å²) < 4.78 is 16.2. The molecule has 0 saturated carbocycles. The van der Waals surface area contributed by atoms with E-state index in [1.165, 1.54) is 0 Å². The molecule has 1 amide bonds. The molecule has 31 heavy (non-hydrogen) atoms. The van der Waals surface area contributed by atoms with E-state index in [1.807, 2.05) is 43.0 Å². The van der Waals surface area contributed by atoms with Crippen molar-refractivity contribution in [1.29, 1.82) is 0 Å². The monoisotopic (exact) mass is 441 g/mol. The van der Waals surface area contributed by atoms with Crippen LogP contribution in [0, 0.1) is 0 Å². The van der Waals surface area contributed by atoms with Gasteiger partial charge in [0.2, 0.25) is 0 Å². The number of nitrogens with one attached hydrogen (secondary N) is 2. The van der Waals surface area contributed by atoms with Crippen molar-refractivity contribution in [1.82, 2.24) is 10.2 Å². The largest absolute Gasteiger partial charge is 0.497 e. The molecule has 2 N–H and O–H groups in total. The molecule has 0 radical (unpaired) electrons. The average Bonchev–Trinajstić information content (AvgIpc) is 2.78. The third kappa shape index (κ3) is 4.59. The highest BCUT2D eigenvalue weighted by atomic mass is 32.1. The summed E-state index contributed by atoms with van der Waals surface area (Å²) in [7, 11) is 4.75. The first kappa shape index (κ1) is 22.4. The maximum atomic E-state index is 13.5. The van der Waals surface area contributed by atoms with Crippen molar-refractivity contribution < 1.29 is 19.0 Å². The van der Waals surface area contributed by atoms with Gasteiger partial charge in [-0.3, -0.25) is 4.79 Å². The first-order valence-electron chi connectivity index (χ1n) is 9.89. The number of rotatable bonds is 7. The van der Waals surface area contributed by atoms with E-state index in [9.17, 15) is 4.79 Å². The van der Waals surface area contributed by atoms with E-state index in [4.69, 9.17) is 26.4 Å². The molecule has 1 heterocycles. The molecule has 3 rings (SSSR count). The lowest BCUT2D eigenvalue weighted by Crippen LogP contribution is -2.48. The number of carbonyl (C=O) groups excluding carboxylic acids is 1. The standard InChI is InChI=1S/C23H27N3O4S/c1-6-26-14(2)20(22(27)24-18-9-7-8-10-19(18)30-5)21(25-23(26)31)15-11-16(28-3)13-17(12-15)29-4/h7-13,21H,6H2,1-5H3,(H,24,27)(H,25,31)/t21-/m0/s1. The fourth-order valence-electron chi connectivity index (χ4n) is 3.64. The molecule has 0 fully saturated rings. The number of hydrogen-bond acceptors (Lipinski definition) is 5. The number of carbonyl (C=O) groups is 1. The van der Waals surface area contributed by atoms with Crippen molar-refractivity contribution in [2.24, 2.45) is 0 Å². The summed E-state index contributed by atoms with van der Waals surface area (Å²) in [5, 5.41) is 6.85. The summed E-state index contributed by atoms with van der Waals surface area (Å²) in [6, 6.07) is 12.3. The van der Waals surface area contributed by atoms with Gasteiger partial charge in [0.1, 0.15) is 17.2 Å². The van der Waals surface area contributed by atoms with Crippen LogP contribution in [0.5, 0.6) is 17.2 Å². The maximum absolute atomic E-state index is 13.5. The van der Waals surface area contributed by atoms with Crippen molar-refractivity contribution in [3.63, 3.8) is 0 Å². The molecule has 1 atom stereocenters. The summed E-state index contributed by atoms with van der Waals surface area (Å²) in [6.07, 6.45) is 0. The summed E-state index contributed by atoms with van der Waals surface area (Å²) >= 11 is 5.58. The Kier molecular flexibility index (Phi) is 7.02. The number of nitrogens with zero attached hydrogens (tertiary/aromatic N) is 1. The molecule has 2 aromatic rings. The Morgan fingerprint density at radius 1 is 1.10 bits per heavy atom. The van der Waals surface area contributed by atoms with Gasteiger partial charge >= 0.3 is 0 Å². The van der Waals surface area contributed by atoms with Crippen LogP contribution >= 0.6 is 12.2 Å². The zero-order valence-electron chi connectivity index (χ0n) is 18.3. The second-order valence-electron chi connectivity index (χ2n) is 6.93. The van der Waals surface area contributed by atoms with Crippen LogP contribution in [0.3, 0.4) is 0 Å². The molecule has 0 aromatic heterocycles. The molecule has 2 aromatic carbocycles. The summed E-state index contributed by atoms with van der Waals surface area (Å²) in [5.41, 5.74) is 2.73. The Balaban J connectivity index is 2.09. The second-order valence-corrected chi connectivity index (χ2v) is 7.31. The molecule has 0 bridgehead atoms. The molecular formula is C23H27N3O4S. The van der Waals surface area contributed by atoms with Gasteiger partial charge in [0.05, 0.1) is 38.6 Å². The van der Waals surface area contributed by atoms with Crippen molar-refractivity contribution in [3.8, 4) is 17.2 Å². The van der Waals surface area contributed by atoms with E-state index in [2.05, 4.69) is 10.6 Å². The van der Waals surface area contributed by atoms with Crippen LogP contribution in [0.4, 0.5) is 5.69 Å². The zero-order valence-corrected chi connectivity index (χ0v) is 19.1.